The smallest absolute Gasteiger partial charge is 0.132 e. The van der Waals surface area contributed by atoms with Crippen molar-refractivity contribution in [3.05, 3.63) is 18.1 Å². The molecule has 0 aromatic carbocycles. The Morgan fingerprint density at radius 3 is 2.88 bits per heavy atom. The van der Waals surface area contributed by atoms with Crippen LogP contribution < -0.4 is 10.2 Å². The molecule has 1 spiro atoms. The molecule has 3 rings (SSSR count). The number of aromatic nitrogens is 2. The third kappa shape index (κ3) is 1.90. The Hall–Kier alpha value is -1.16. The fourth-order valence-corrected chi connectivity index (χ4v) is 3.18. The molecule has 0 bridgehead atoms. The average molecular weight is 232 g/mol. The molecule has 0 atom stereocenters. The van der Waals surface area contributed by atoms with E-state index in [2.05, 4.69) is 33.3 Å². The van der Waals surface area contributed by atoms with Crippen molar-refractivity contribution in [2.45, 2.75) is 32.2 Å². The maximum Gasteiger partial charge on any atom is 0.132 e. The van der Waals surface area contributed by atoms with Crippen molar-refractivity contribution in [1.29, 1.82) is 0 Å². The van der Waals surface area contributed by atoms with Crippen LogP contribution in [0.2, 0.25) is 0 Å². The van der Waals surface area contributed by atoms with Gasteiger partial charge in [0.15, 0.2) is 0 Å². The largest absolute Gasteiger partial charge is 0.357 e. The first-order valence-corrected chi connectivity index (χ1v) is 6.41. The minimum absolute atomic E-state index is 0.598. The van der Waals surface area contributed by atoms with Crippen LogP contribution in [0.4, 0.5) is 5.82 Å². The third-order valence-corrected chi connectivity index (χ3v) is 4.37. The van der Waals surface area contributed by atoms with Crippen molar-refractivity contribution in [2.75, 3.05) is 25.0 Å². The maximum atomic E-state index is 4.36. The van der Waals surface area contributed by atoms with E-state index in [9.17, 15) is 0 Å². The Balaban J connectivity index is 1.66. The highest BCUT2D eigenvalue weighted by Gasteiger charge is 2.47. The first-order chi connectivity index (χ1) is 8.19. The van der Waals surface area contributed by atoms with Crippen LogP contribution in [0.1, 0.15) is 25.0 Å². The highest BCUT2D eigenvalue weighted by molar-refractivity contribution is 5.40. The number of anilines is 1. The van der Waals surface area contributed by atoms with Crippen LogP contribution in [0, 0.1) is 12.3 Å². The molecule has 1 aliphatic heterocycles. The molecule has 2 fully saturated rings. The summed E-state index contributed by atoms with van der Waals surface area (Å²) in [6, 6.07) is 2.72. The molecule has 0 amide bonds. The molecule has 0 unspecified atom stereocenters. The second kappa shape index (κ2) is 3.95. The van der Waals surface area contributed by atoms with Crippen LogP contribution in [0.15, 0.2) is 12.4 Å². The summed E-state index contributed by atoms with van der Waals surface area (Å²) in [6.07, 6.45) is 5.62. The molecule has 1 aliphatic carbocycles. The van der Waals surface area contributed by atoms with Gasteiger partial charge in [-0.3, -0.25) is 0 Å². The van der Waals surface area contributed by atoms with Gasteiger partial charge in [-0.05, 0) is 38.1 Å². The highest BCUT2D eigenvalue weighted by Crippen LogP contribution is 2.48. The fourth-order valence-electron chi connectivity index (χ4n) is 3.18. The lowest BCUT2D eigenvalue weighted by Crippen LogP contribution is -2.51. The van der Waals surface area contributed by atoms with Crippen LogP contribution >= 0.6 is 0 Å². The summed E-state index contributed by atoms with van der Waals surface area (Å²) in [5.74, 6) is 1.06. The molecule has 1 aromatic heterocycles. The van der Waals surface area contributed by atoms with Crippen molar-refractivity contribution in [1.82, 2.24) is 15.3 Å². The molecule has 0 radical (unpaired) electrons. The minimum atomic E-state index is 0.598. The zero-order chi connectivity index (χ0) is 11.9. The Labute approximate surface area is 102 Å². The molecule has 2 aliphatic rings. The first-order valence-electron chi connectivity index (χ1n) is 6.41. The summed E-state index contributed by atoms with van der Waals surface area (Å²) in [5, 5.41) is 3.48. The van der Waals surface area contributed by atoms with Crippen LogP contribution in [0.5, 0.6) is 0 Å². The summed E-state index contributed by atoms with van der Waals surface area (Å²) in [6.45, 7) is 4.42. The summed E-state index contributed by atoms with van der Waals surface area (Å²) >= 11 is 0. The van der Waals surface area contributed by atoms with E-state index in [-0.39, 0.29) is 0 Å². The van der Waals surface area contributed by atoms with E-state index < -0.39 is 0 Å². The third-order valence-electron chi connectivity index (χ3n) is 4.37. The van der Waals surface area contributed by atoms with Gasteiger partial charge in [-0.1, -0.05) is 0 Å². The van der Waals surface area contributed by atoms with Gasteiger partial charge in [0.2, 0.25) is 0 Å². The lowest BCUT2D eigenvalue weighted by molar-refractivity contribution is 0.126. The highest BCUT2D eigenvalue weighted by atomic mass is 15.2. The molecular weight excluding hydrogens is 212 g/mol. The van der Waals surface area contributed by atoms with Crippen molar-refractivity contribution in [3.8, 4) is 0 Å². The zero-order valence-corrected chi connectivity index (χ0v) is 10.6. The predicted molar refractivity (Wildman–Crippen MR) is 68.1 cm³/mol. The van der Waals surface area contributed by atoms with Crippen LogP contribution in [0.25, 0.3) is 0 Å². The predicted octanol–water partition coefficient (Wildman–Crippen LogP) is 1.36. The first kappa shape index (κ1) is 11.0. The van der Waals surface area contributed by atoms with E-state index in [0.717, 1.165) is 11.5 Å². The SMILES string of the molecule is Cc1cc(N(C)C2CC3(CCNC3)C2)ncn1. The topological polar surface area (TPSA) is 41.0 Å². The van der Waals surface area contributed by atoms with E-state index in [1.165, 1.54) is 32.4 Å². The minimum Gasteiger partial charge on any atom is -0.357 e. The monoisotopic (exact) mass is 232 g/mol. The van der Waals surface area contributed by atoms with Crippen molar-refractivity contribution >= 4 is 5.82 Å². The van der Waals surface area contributed by atoms with Crippen molar-refractivity contribution < 1.29 is 0 Å². The standard InChI is InChI=1S/C13H20N4/c1-10-5-12(16-9-15-10)17(2)11-6-13(7-11)3-4-14-8-13/h5,9,11,14H,3-4,6-8H2,1-2H3. The van der Waals surface area contributed by atoms with E-state index >= 15 is 0 Å². The second-order valence-corrected chi connectivity index (χ2v) is 5.62. The number of nitrogens with one attached hydrogen (secondary N) is 1. The van der Waals surface area contributed by atoms with Crippen molar-refractivity contribution in [2.24, 2.45) is 5.41 Å². The number of hydrogen-bond donors (Lipinski definition) is 1. The summed E-state index contributed by atoms with van der Waals surface area (Å²) < 4.78 is 0. The van der Waals surface area contributed by atoms with E-state index in [1.807, 2.05) is 6.92 Å². The second-order valence-electron chi connectivity index (χ2n) is 5.62. The van der Waals surface area contributed by atoms with Crippen LogP contribution in [-0.4, -0.2) is 36.1 Å². The van der Waals surface area contributed by atoms with E-state index in [1.54, 1.807) is 6.33 Å². The van der Waals surface area contributed by atoms with Crippen LogP contribution in [-0.2, 0) is 0 Å². The summed E-state index contributed by atoms with van der Waals surface area (Å²) in [7, 11) is 2.15. The molecule has 17 heavy (non-hydrogen) atoms. The molecule has 2 heterocycles. The Morgan fingerprint density at radius 1 is 1.41 bits per heavy atom. The molecular formula is C13H20N4. The van der Waals surface area contributed by atoms with E-state index in [4.69, 9.17) is 0 Å². The molecule has 4 nitrogen and oxygen atoms in total. The normalized spacial score (nSPS) is 31.5. The van der Waals surface area contributed by atoms with Gasteiger partial charge in [0.05, 0.1) is 0 Å². The number of hydrogen-bond acceptors (Lipinski definition) is 4. The van der Waals surface area contributed by atoms with Gasteiger partial charge in [0, 0.05) is 31.4 Å². The molecule has 1 saturated carbocycles. The van der Waals surface area contributed by atoms with Crippen molar-refractivity contribution in [3.63, 3.8) is 0 Å². The Morgan fingerprint density at radius 2 is 2.24 bits per heavy atom. The molecule has 1 saturated heterocycles. The molecule has 4 heteroatoms. The molecule has 92 valence electrons. The fraction of sp³-hybridized carbons (Fsp3) is 0.692. The summed E-state index contributed by atoms with van der Waals surface area (Å²) in [5.41, 5.74) is 1.64. The number of nitrogens with zero attached hydrogens (tertiary/aromatic N) is 3. The van der Waals surface area contributed by atoms with Gasteiger partial charge in [0.1, 0.15) is 12.1 Å². The maximum absolute atomic E-state index is 4.36. The number of aryl methyl sites for hydroxylation is 1. The van der Waals surface area contributed by atoms with Gasteiger partial charge in [-0.2, -0.15) is 0 Å². The number of rotatable bonds is 2. The van der Waals surface area contributed by atoms with E-state index in [0.29, 0.717) is 11.5 Å². The van der Waals surface area contributed by atoms with Gasteiger partial charge in [0.25, 0.3) is 0 Å². The van der Waals surface area contributed by atoms with Crippen LogP contribution in [0.3, 0.4) is 0 Å². The van der Waals surface area contributed by atoms with Gasteiger partial charge in [-0.25, -0.2) is 9.97 Å². The summed E-state index contributed by atoms with van der Waals surface area (Å²) in [4.78, 5) is 10.8. The van der Waals surface area contributed by atoms with Gasteiger partial charge in [-0.15, -0.1) is 0 Å². The lowest BCUT2D eigenvalue weighted by atomic mass is 9.64. The quantitative estimate of drug-likeness (QED) is 0.836. The zero-order valence-electron chi connectivity index (χ0n) is 10.6. The Kier molecular flexibility index (Phi) is 2.54. The average Bonchev–Trinajstić information content (AvgIpc) is 2.75. The molecule has 1 aromatic rings. The van der Waals surface area contributed by atoms with Gasteiger partial charge < -0.3 is 10.2 Å². The Bertz CT molecular complexity index is 404. The lowest BCUT2D eigenvalue weighted by Gasteiger charge is -2.49. The molecule has 1 N–H and O–H groups in total. The van der Waals surface area contributed by atoms with Gasteiger partial charge >= 0.3 is 0 Å².